The topological polar surface area (TPSA) is 63.4 Å². The minimum Gasteiger partial charge on any atom is -0.330 e. The van der Waals surface area contributed by atoms with Crippen LogP contribution in [0.4, 0.5) is 0 Å². The number of benzene rings is 1. The number of nitrogens with two attached hydrogens (primary N) is 1. The van der Waals surface area contributed by atoms with Crippen molar-refractivity contribution in [3.8, 4) is 0 Å². The van der Waals surface area contributed by atoms with Crippen LogP contribution < -0.4 is 5.73 Å². The summed E-state index contributed by atoms with van der Waals surface area (Å²) >= 11 is 0. The van der Waals surface area contributed by atoms with Crippen LogP contribution in [0.25, 0.3) is 0 Å². The van der Waals surface area contributed by atoms with E-state index in [1.54, 1.807) is 4.31 Å². The van der Waals surface area contributed by atoms with Gasteiger partial charge in [0.05, 0.1) is 5.75 Å². The SMILES string of the molecule is CC(CS(=O)(=O)N(CCCN)C1CCC1)c1ccccc1. The summed E-state index contributed by atoms with van der Waals surface area (Å²) in [6.45, 7) is 3.08. The quantitative estimate of drug-likeness (QED) is 0.801. The van der Waals surface area contributed by atoms with Crippen molar-refractivity contribution in [1.82, 2.24) is 4.31 Å². The fourth-order valence-corrected chi connectivity index (χ4v) is 4.85. The van der Waals surface area contributed by atoms with E-state index < -0.39 is 10.0 Å². The third-order valence-corrected chi connectivity index (χ3v) is 6.37. The first-order chi connectivity index (χ1) is 10.0. The zero-order valence-electron chi connectivity index (χ0n) is 12.7. The molecule has 0 bridgehead atoms. The van der Waals surface area contributed by atoms with Crippen LogP contribution in [0, 0.1) is 0 Å². The van der Waals surface area contributed by atoms with Crippen LogP contribution in [-0.2, 0) is 10.0 Å². The van der Waals surface area contributed by atoms with E-state index in [1.807, 2.05) is 37.3 Å². The molecule has 1 aliphatic carbocycles. The Morgan fingerprint density at radius 1 is 1.29 bits per heavy atom. The molecule has 1 aromatic rings. The van der Waals surface area contributed by atoms with Gasteiger partial charge in [0.2, 0.25) is 10.0 Å². The second kappa shape index (κ2) is 7.38. The normalized spacial score (nSPS) is 17.7. The van der Waals surface area contributed by atoms with Crippen LogP contribution in [-0.4, -0.2) is 37.6 Å². The maximum atomic E-state index is 12.7. The lowest BCUT2D eigenvalue weighted by Crippen LogP contribution is -2.46. The van der Waals surface area contributed by atoms with Gasteiger partial charge in [0, 0.05) is 12.6 Å². The van der Waals surface area contributed by atoms with Gasteiger partial charge in [-0.1, -0.05) is 43.7 Å². The van der Waals surface area contributed by atoms with Crippen LogP contribution in [0.1, 0.15) is 44.1 Å². The van der Waals surface area contributed by atoms with Gasteiger partial charge >= 0.3 is 0 Å². The second-order valence-electron chi connectivity index (χ2n) is 5.93. The zero-order chi connectivity index (χ0) is 15.3. The molecule has 0 heterocycles. The molecule has 1 unspecified atom stereocenters. The number of sulfonamides is 1. The van der Waals surface area contributed by atoms with Crippen molar-refractivity contribution >= 4 is 10.0 Å². The Morgan fingerprint density at radius 2 is 1.95 bits per heavy atom. The van der Waals surface area contributed by atoms with E-state index in [1.165, 1.54) is 0 Å². The zero-order valence-corrected chi connectivity index (χ0v) is 13.6. The highest BCUT2D eigenvalue weighted by Crippen LogP contribution is 2.29. The monoisotopic (exact) mass is 310 g/mol. The molecule has 21 heavy (non-hydrogen) atoms. The summed E-state index contributed by atoms with van der Waals surface area (Å²) in [5.41, 5.74) is 6.63. The predicted octanol–water partition coefficient (Wildman–Crippen LogP) is 2.32. The van der Waals surface area contributed by atoms with Gasteiger partial charge in [0.1, 0.15) is 0 Å². The van der Waals surface area contributed by atoms with Crippen molar-refractivity contribution in [3.05, 3.63) is 35.9 Å². The van der Waals surface area contributed by atoms with Gasteiger partial charge in [-0.3, -0.25) is 0 Å². The molecular weight excluding hydrogens is 284 g/mol. The van der Waals surface area contributed by atoms with Crippen LogP contribution in [0.3, 0.4) is 0 Å². The largest absolute Gasteiger partial charge is 0.330 e. The van der Waals surface area contributed by atoms with Gasteiger partial charge in [-0.05, 0) is 37.3 Å². The van der Waals surface area contributed by atoms with E-state index in [0.29, 0.717) is 13.1 Å². The Hall–Kier alpha value is -0.910. The Balaban J connectivity index is 2.07. The summed E-state index contributed by atoms with van der Waals surface area (Å²) in [7, 11) is -3.22. The molecule has 0 saturated heterocycles. The fraction of sp³-hybridized carbons (Fsp3) is 0.625. The van der Waals surface area contributed by atoms with Gasteiger partial charge in [-0.15, -0.1) is 0 Å². The highest BCUT2D eigenvalue weighted by atomic mass is 32.2. The van der Waals surface area contributed by atoms with E-state index in [-0.39, 0.29) is 17.7 Å². The minimum absolute atomic E-state index is 0.0108. The molecule has 0 spiro atoms. The molecule has 1 aromatic carbocycles. The van der Waals surface area contributed by atoms with Gasteiger partial charge in [0.15, 0.2) is 0 Å². The molecule has 0 radical (unpaired) electrons. The van der Waals surface area contributed by atoms with Gasteiger partial charge in [-0.2, -0.15) is 4.31 Å². The third-order valence-electron chi connectivity index (χ3n) is 4.25. The van der Waals surface area contributed by atoms with Crippen LogP contribution in [0.5, 0.6) is 0 Å². The standard InChI is InChI=1S/C16H26N2O2S/c1-14(15-7-3-2-4-8-15)13-21(19,20)18(12-6-11-17)16-9-5-10-16/h2-4,7-8,14,16H,5-6,9-13,17H2,1H3. The molecular formula is C16H26N2O2S. The third kappa shape index (κ3) is 4.28. The molecule has 2 rings (SSSR count). The van der Waals surface area contributed by atoms with Gasteiger partial charge < -0.3 is 5.73 Å². The molecule has 118 valence electrons. The van der Waals surface area contributed by atoms with Crippen molar-refractivity contribution in [2.45, 2.75) is 44.6 Å². The van der Waals surface area contributed by atoms with E-state index in [2.05, 4.69) is 0 Å². The summed E-state index contributed by atoms with van der Waals surface area (Å²) in [4.78, 5) is 0. The maximum Gasteiger partial charge on any atom is 0.214 e. The Bertz CT molecular complexity index is 526. The van der Waals surface area contributed by atoms with E-state index in [4.69, 9.17) is 5.73 Å². The highest BCUT2D eigenvalue weighted by molar-refractivity contribution is 7.89. The molecule has 5 heteroatoms. The minimum atomic E-state index is -3.22. The molecule has 1 atom stereocenters. The fourth-order valence-electron chi connectivity index (χ4n) is 2.76. The first kappa shape index (κ1) is 16.5. The van der Waals surface area contributed by atoms with Gasteiger partial charge in [0.25, 0.3) is 0 Å². The van der Waals surface area contributed by atoms with Gasteiger partial charge in [-0.25, -0.2) is 8.42 Å². The molecule has 0 aromatic heterocycles. The summed E-state index contributed by atoms with van der Waals surface area (Å²) in [6.07, 6.45) is 3.84. The number of hydrogen-bond donors (Lipinski definition) is 1. The number of nitrogens with zero attached hydrogens (tertiary/aromatic N) is 1. The average molecular weight is 310 g/mol. The van der Waals surface area contributed by atoms with E-state index in [0.717, 1.165) is 31.2 Å². The second-order valence-corrected chi connectivity index (χ2v) is 7.89. The first-order valence-corrected chi connectivity index (χ1v) is 9.40. The van der Waals surface area contributed by atoms with Crippen molar-refractivity contribution in [3.63, 3.8) is 0 Å². The lowest BCUT2D eigenvalue weighted by atomic mass is 9.93. The summed E-state index contributed by atoms with van der Waals surface area (Å²) in [6, 6.07) is 10.0. The molecule has 0 aliphatic heterocycles. The molecule has 1 fully saturated rings. The molecule has 2 N–H and O–H groups in total. The van der Waals surface area contributed by atoms with Crippen molar-refractivity contribution in [2.75, 3.05) is 18.8 Å². The molecule has 1 saturated carbocycles. The van der Waals surface area contributed by atoms with Crippen LogP contribution >= 0.6 is 0 Å². The van der Waals surface area contributed by atoms with Crippen LogP contribution in [0.15, 0.2) is 30.3 Å². The van der Waals surface area contributed by atoms with E-state index in [9.17, 15) is 8.42 Å². The highest BCUT2D eigenvalue weighted by Gasteiger charge is 2.34. The molecule has 0 amide bonds. The Kier molecular flexibility index (Phi) is 5.79. The maximum absolute atomic E-state index is 12.7. The number of hydrogen-bond acceptors (Lipinski definition) is 3. The summed E-state index contributed by atoms with van der Waals surface area (Å²) < 4.78 is 27.2. The molecule has 1 aliphatic rings. The van der Waals surface area contributed by atoms with Crippen molar-refractivity contribution < 1.29 is 8.42 Å². The average Bonchev–Trinajstić information content (AvgIpc) is 2.41. The number of rotatable bonds is 8. The lowest BCUT2D eigenvalue weighted by molar-refractivity contribution is 0.218. The van der Waals surface area contributed by atoms with Crippen molar-refractivity contribution in [2.24, 2.45) is 5.73 Å². The van der Waals surface area contributed by atoms with Crippen molar-refractivity contribution in [1.29, 1.82) is 0 Å². The summed E-state index contributed by atoms with van der Waals surface area (Å²) in [5.74, 6) is 0.189. The van der Waals surface area contributed by atoms with Crippen LogP contribution in [0.2, 0.25) is 0 Å². The first-order valence-electron chi connectivity index (χ1n) is 7.79. The smallest absolute Gasteiger partial charge is 0.214 e. The Labute approximate surface area is 128 Å². The molecule has 4 nitrogen and oxygen atoms in total. The lowest BCUT2D eigenvalue weighted by Gasteiger charge is -2.37. The Morgan fingerprint density at radius 3 is 2.48 bits per heavy atom. The summed E-state index contributed by atoms with van der Waals surface area (Å²) in [5, 5.41) is 0. The predicted molar refractivity (Wildman–Crippen MR) is 86.7 cm³/mol. The van der Waals surface area contributed by atoms with E-state index >= 15 is 0 Å².